The highest BCUT2D eigenvalue weighted by molar-refractivity contribution is 5.69. The third kappa shape index (κ3) is 24.1. The smallest absolute Gasteiger partial charge is 0.306 e. The van der Waals surface area contributed by atoms with E-state index in [1.54, 1.807) is 0 Å². The van der Waals surface area contributed by atoms with Gasteiger partial charge >= 0.3 is 5.97 Å². The zero-order chi connectivity index (χ0) is 24.4. The van der Waals surface area contributed by atoms with Crippen molar-refractivity contribution < 1.29 is 9.53 Å². The Morgan fingerprint density at radius 3 is 1.70 bits per heavy atom. The van der Waals surface area contributed by atoms with Crippen molar-refractivity contribution >= 4 is 5.97 Å². The maximum absolute atomic E-state index is 11.9. The van der Waals surface area contributed by atoms with E-state index in [1.807, 2.05) is 6.08 Å². The second-order valence-electron chi connectivity index (χ2n) is 10.2. The molecule has 33 heavy (non-hydrogen) atoms. The van der Waals surface area contributed by atoms with Gasteiger partial charge in [-0.05, 0) is 46.2 Å². The predicted octanol–water partition coefficient (Wildman–Crippen LogP) is 9.25. The van der Waals surface area contributed by atoms with Crippen molar-refractivity contribution in [1.82, 2.24) is 4.90 Å². The first kappa shape index (κ1) is 32.2. The molecule has 0 spiro atoms. The standard InChI is InChI=1S/C30H59NO2/c1-5-7-9-11-13-14-16-20-24-28-33-30(32)27-23-19-18-22-26-29(31(3)4)25-21-17-15-12-10-8-6-2/h20,24,29H,5-19,21-23,25-28H2,1-4H3/b24-20-. The number of esters is 1. The zero-order valence-electron chi connectivity index (χ0n) is 23.1. The average Bonchev–Trinajstić information content (AvgIpc) is 2.80. The third-order valence-corrected chi connectivity index (χ3v) is 6.77. The molecule has 0 aliphatic heterocycles. The second kappa shape index (κ2) is 25.8. The summed E-state index contributed by atoms with van der Waals surface area (Å²) in [5.74, 6) is -0.0377. The van der Waals surface area contributed by atoms with Crippen LogP contribution in [0.25, 0.3) is 0 Å². The van der Waals surface area contributed by atoms with E-state index >= 15 is 0 Å². The molecule has 0 saturated carbocycles. The van der Waals surface area contributed by atoms with Gasteiger partial charge in [-0.25, -0.2) is 0 Å². The van der Waals surface area contributed by atoms with Crippen molar-refractivity contribution in [3.63, 3.8) is 0 Å². The molecule has 1 unspecified atom stereocenters. The van der Waals surface area contributed by atoms with Crippen molar-refractivity contribution in [3.05, 3.63) is 12.2 Å². The summed E-state index contributed by atoms with van der Waals surface area (Å²) in [5.41, 5.74) is 0. The summed E-state index contributed by atoms with van der Waals surface area (Å²) >= 11 is 0. The lowest BCUT2D eigenvalue weighted by Crippen LogP contribution is -2.27. The van der Waals surface area contributed by atoms with Crippen LogP contribution in [-0.2, 0) is 9.53 Å². The summed E-state index contributed by atoms with van der Waals surface area (Å²) in [6.45, 7) is 4.98. The van der Waals surface area contributed by atoms with Crippen molar-refractivity contribution in [3.8, 4) is 0 Å². The molecule has 0 amide bonds. The van der Waals surface area contributed by atoms with Crippen LogP contribution in [0.1, 0.15) is 149 Å². The lowest BCUT2D eigenvalue weighted by atomic mass is 9.99. The first-order valence-electron chi connectivity index (χ1n) is 14.6. The quantitative estimate of drug-likeness (QED) is 0.0764. The molecule has 0 aliphatic rings. The molecule has 0 fully saturated rings. The lowest BCUT2D eigenvalue weighted by molar-refractivity contribution is -0.142. The molecule has 196 valence electrons. The van der Waals surface area contributed by atoms with Crippen LogP contribution in [0.3, 0.4) is 0 Å². The molecular formula is C30H59NO2. The molecule has 0 aromatic heterocycles. The van der Waals surface area contributed by atoms with Crippen molar-refractivity contribution in [2.24, 2.45) is 0 Å². The summed E-state index contributed by atoms with van der Waals surface area (Å²) in [5, 5.41) is 0. The predicted molar refractivity (Wildman–Crippen MR) is 146 cm³/mol. The van der Waals surface area contributed by atoms with Crippen LogP contribution < -0.4 is 0 Å². The lowest BCUT2D eigenvalue weighted by Gasteiger charge is -2.24. The number of carbonyl (C=O) groups excluding carboxylic acids is 1. The minimum absolute atomic E-state index is 0.0377. The second-order valence-corrected chi connectivity index (χ2v) is 10.2. The Morgan fingerprint density at radius 1 is 0.667 bits per heavy atom. The molecule has 0 saturated heterocycles. The Bertz CT molecular complexity index is 433. The van der Waals surface area contributed by atoms with E-state index in [2.05, 4.69) is 38.9 Å². The SMILES string of the molecule is CCCCCCCC/C=C\COC(=O)CCCCCCC(CCCCCCCCC)N(C)C. The molecule has 0 N–H and O–H groups in total. The Morgan fingerprint density at radius 2 is 1.15 bits per heavy atom. The first-order chi connectivity index (χ1) is 16.1. The van der Waals surface area contributed by atoms with E-state index < -0.39 is 0 Å². The van der Waals surface area contributed by atoms with Gasteiger partial charge in [-0.15, -0.1) is 0 Å². The Labute approximate surface area is 208 Å². The third-order valence-electron chi connectivity index (χ3n) is 6.77. The maximum Gasteiger partial charge on any atom is 0.306 e. The fourth-order valence-electron chi connectivity index (χ4n) is 4.44. The van der Waals surface area contributed by atoms with E-state index in [1.165, 1.54) is 109 Å². The van der Waals surface area contributed by atoms with E-state index in [9.17, 15) is 4.79 Å². The van der Waals surface area contributed by atoms with Gasteiger partial charge in [0, 0.05) is 12.5 Å². The summed E-state index contributed by atoms with van der Waals surface area (Å²) in [6, 6.07) is 0.716. The van der Waals surface area contributed by atoms with Gasteiger partial charge in [0.25, 0.3) is 0 Å². The molecule has 0 aromatic rings. The van der Waals surface area contributed by atoms with Gasteiger partial charge < -0.3 is 9.64 Å². The number of carbonyl (C=O) groups is 1. The number of nitrogens with zero attached hydrogens (tertiary/aromatic N) is 1. The molecule has 3 nitrogen and oxygen atoms in total. The van der Waals surface area contributed by atoms with Crippen molar-refractivity contribution in [1.29, 1.82) is 0 Å². The maximum atomic E-state index is 11.9. The van der Waals surface area contributed by atoms with Gasteiger partial charge in [0.1, 0.15) is 6.61 Å². The normalized spacial score (nSPS) is 12.6. The highest BCUT2D eigenvalue weighted by Crippen LogP contribution is 2.17. The summed E-state index contributed by atoms with van der Waals surface area (Å²) in [6.07, 6.45) is 30.8. The minimum atomic E-state index is -0.0377. The molecule has 0 rings (SSSR count). The van der Waals surface area contributed by atoms with Crippen molar-refractivity contribution in [2.75, 3.05) is 20.7 Å². The Hall–Kier alpha value is -0.830. The van der Waals surface area contributed by atoms with Gasteiger partial charge in [-0.2, -0.15) is 0 Å². The van der Waals surface area contributed by atoms with Crippen LogP contribution in [-0.4, -0.2) is 37.6 Å². The molecule has 3 heteroatoms. The van der Waals surface area contributed by atoms with Gasteiger partial charge in [-0.3, -0.25) is 4.79 Å². The van der Waals surface area contributed by atoms with E-state index in [-0.39, 0.29) is 5.97 Å². The summed E-state index contributed by atoms with van der Waals surface area (Å²) in [7, 11) is 4.45. The molecule has 0 aliphatic carbocycles. The number of unbranched alkanes of at least 4 members (excludes halogenated alkanes) is 15. The fourth-order valence-corrected chi connectivity index (χ4v) is 4.44. The highest BCUT2D eigenvalue weighted by Gasteiger charge is 2.10. The van der Waals surface area contributed by atoms with Crippen LogP contribution in [0.4, 0.5) is 0 Å². The highest BCUT2D eigenvalue weighted by atomic mass is 16.5. The fraction of sp³-hybridized carbons (Fsp3) is 0.900. The van der Waals surface area contributed by atoms with Gasteiger partial charge in [-0.1, -0.05) is 122 Å². The average molecular weight is 466 g/mol. The monoisotopic (exact) mass is 465 g/mol. The van der Waals surface area contributed by atoms with Gasteiger partial charge in [0.15, 0.2) is 0 Å². The first-order valence-corrected chi connectivity index (χ1v) is 14.6. The molecule has 0 aromatic carbocycles. The van der Waals surface area contributed by atoms with Crippen LogP contribution >= 0.6 is 0 Å². The van der Waals surface area contributed by atoms with E-state index in [0.29, 0.717) is 19.1 Å². The zero-order valence-corrected chi connectivity index (χ0v) is 23.1. The van der Waals surface area contributed by atoms with Crippen LogP contribution in [0.15, 0.2) is 12.2 Å². The van der Waals surface area contributed by atoms with E-state index in [4.69, 9.17) is 4.74 Å². The number of allylic oxidation sites excluding steroid dienone is 1. The summed E-state index contributed by atoms with van der Waals surface area (Å²) < 4.78 is 5.33. The van der Waals surface area contributed by atoms with Gasteiger partial charge in [0.05, 0.1) is 0 Å². The molecule has 0 heterocycles. The summed E-state index contributed by atoms with van der Waals surface area (Å²) in [4.78, 5) is 14.3. The molecule has 0 radical (unpaired) electrons. The minimum Gasteiger partial charge on any atom is -0.461 e. The molecule has 1 atom stereocenters. The number of hydrogen-bond donors (Lipinski definition) is 0. The Kier molecular flexibility index (Phi) is 25.1. The van der Waals surface area contributed by atoms with Crippen molar-refractivity contribution in [2.45, 2.75) is 155 Å². The largest absolute Gasteiger partial charge is 0.461 e. The molecule has 0 bridgehead atoms. The number of hydrogen-bond acceptors (Lipinski definition) is 3. The molecular weight excluding hydrogens is 406 g/mol. The van der Waals surface area contributed by atoms with Crippen LogP contribution in [0.2, 0.25) is 0 Å². The van der Waals surface area contributed by atoms with Crippen LogP contribution in [0, 0.1) is 0 Å². The van der Waals surface area contributed by atoms with Gasteiger partial charge in [0.2, 0.25) is 0 Å². The number of rotatable bonds is 25. The topological polar surface area (TPSA) is 29.5 Å². The Balaban J connectivity index is 3.57. The van der Waals surface area contributed by atoms with Crippen LogP contribution in [0.5, 0.6) is 0 Å². The van der Waals surface area contributed by atoms with E-state index in [0.717, 1.165) is 19.3 Å². The number of ether oxygens (including phenoxy) is 1.